The Morgan fingerprint density at radius 2 is 1.55 bits per heavy atom. The van der Waals surface area contributed by atoms with Crippen molar-refractivity contribution < 1.29 is 17.9 Å². The van der Waals surface area contributed by atoms with E-state index < -0.39 is 11.7 Å². The molecule has 0 bridgehead atoms. The van der Waals surface area contributed by atoms with Crippen LogP contribution in [0.15, 0.2) is 72.8 Å². The van der Waals surface area contributed by atoms with E-state index in [0.717, 1.165) is 17.7 Å². The van der Waals surface area contributed by atoms with Crippen LogP contribution in [0.25, 0.3) is 11.6 Å². The Kier molecular flexibility index (Phi) is 6.26. The topological polar surface area (TPSA) is 33.0 Å². The largest absolute Gasteiger partial charge is 0.489 e. The van der Waals surface area contributed by atoms with Gasteiger partial charge in [-0.05, 0) is 71.3 Å². The minimum absolute atomic E-state index is 0.342. The summed E-state index contributed by atoms with van der Waals surface area (Å²) in [7, 11) is 0. The Morgan fingerprint density at radius 1 is 0.931 bits per heavy atom. The summed E-state index contributed by atoms with van der Waals surface area (Å²) in [6.07, 6.45) is -2.84. The highest BCUT2D eigenvalue weighted by molar-refractivity contribution is 6.30. The lowest BCUT2D eigenvalue weighted by Gasteiger charge is -2.08. The zero-order valence-corrected chi connectivity index (χ0v) is 15.8. The van der Waals surface area contributed by atoms with Gasteiger partial charge in [0.1, 0.15) is 12.4 Å². The van der Waals surface area contributed by atoms with Crippen LogP contribution in [0.4, 0.5) is 13.2 Å². The zero-order valence-electron chi connectivity index (χ0n) is 15.1. The summed E-state index contributed by atoms with van der Waals surface area (Å²) in [6, 6.07) is 21.0. The van der Waals surface area contributed by atoms with Crippen LogP contribution in [0.3, 0.4) is 0 Å². The number of ether oxygens (including phenoxy) is 1. The van der Waals surface area contributed by atoms with Gasteiger partial charge in [0.05, 0.1) is 17.2 Å². The molecule has 29 heavy (non-hydrogen) atoms. The second-order valence-corrected chi connectivity index (χ2v) is 6.67. The van der Waals surface area contributed by atoms with Gasteiger partial charge in [0.25, 0.3) is 0 Å². The Balaban J connectivity index is 1.70. The van der Waals surface area contributed by atoms with Crippen LogP contribution in [0, 0.1) is 11.3 Å². The molecule has 0 amide bonds. The van der Waals surface area contributed by atoms with E-state index in [2.05, 4.69) is 6.07 Å². The van der Waals surface area contributed by atoms with E-state index in [9.17, 15) is 18.4 Å². The molecule has 6 heteroatoms. The summed E-state index contributed by atoms with van der Waals surface area (Å²) >= 11 is 5.85. The van der Waals surface area contributed by atoms with E-state index in [1.807, 2.05) is 12.1 Å². The minimum atomic E-state index is -4.39. The summed E-state index contributed by atoms with van der Waals surface area (Å²) in [5, 5.41) is 10.1. The van der Waals surface area contributed by atoms with E-state index >= 15 is 0 Å². The number of hydrogen-bond donors (Lipinski definition) is 0. The number of nitriles is 1. The van der Waals surface area contributed by atoms with Gasteiger partial charge < -0.3 is 4.74 Å². The molecule has 0 aliphatic rings. The van der Waals surface area contributed by atoms with Crippen molar-refractivity contribution >= 4 is 23.3 Å². The first-order chi connectivity index (χ1) is 13.8. The molecule has 0 spiro atoms. The standard InChI is InChI=1S/C23H15ClF3NO/c24-21-9-3-17(4-10-21)15-29-22-11-5-18(6-12-22)19(14-28)13-16-1-7-20(8-2-16)23(25,26)27/h1-13H,15H2/b19-13+. The average Bonchev–Trinajstić information content (AvgIpc) is 2.72. The first kappa shape index (κ1) is 20.5. The molecule has 3 rings (SSSR count). The second-order valence-electron chi connectivity index (χ2n) is 6.23. The molecular formula is C23H15ClF3NO. The molecule has 0 aliphatic heterocycles. The highest BCUT2D eigenvalue weighted by Gasteiger charge is 2.29. The van der Waals surface area contributed by atoms with E-state index in [1.54, 1.807) is 42.5 Å². The molecule has 0 atom stereocenters. The molecule has 0 fully saturated rings. The highest BCUT2D eigenvalue weighted by atomic mass is 35.5. The van der Waals surface area contributed by atoms with Crippen LogP contribution in [0.1, 0.15) is 22.3 Å². The van der Waals surface area contributed by atoms with Gasteiger partial charge in [-0.1, -0.05) is 35.9 Å². The van der Waals surface area contributed by atoms with Crippen molar-refractivity contribution in [1.29, 1.82) is 5.26 Å². The van der Waals surface area contributed by atoms with Crippen molar-refractivity contribution in [1.82, 2.24) is 0 Å². The molecule has 0 unspecified atom stereocenters. The summed E-state index contributed by atoms with van der Waals surface area (Å²) in [5.41, 5.74) is 1.74. The number of rotatable bonds is 5. The summed E-state index contributed by atoms with van der Waals surface area (Å²) in [6.45, 7) is 0.378. The van der Waals surface area contributed by atoms with Gasteiger partial charge in [-0.25, -0.2) is 0 Å². The van der Waals surface area contributed by atoms with Crippen LogP contribution < -0.4 is 4.74 Å². The Labute approximate surface area is 171 Å². The monoisotopic (exact) mass is 413 g/mol. The number of hydrogen-bond acceptors (Lipinski definition) is 2. The molecule has 146 valence electrons. The van der Waals surface area contributed by atoms with Crippen molar-refractivity contribution in [2.45, 2.75) is 12.8 Å². The fourth-order valence-corrected chi connectivity index (χ4v) is 2.72. The lowest BCUT2D eigenvalue weighted by Crippen LogP contribution is -2.03. The van der Waals surface area contributed by atoms with Crippen molar-refractivity contribution in [3.8, 4) is 11.8 Å². The van der Waals surface area contributed by atoms with Crippen LogP contribution >= 0.6 is 11.6 Å². The summed E-state index contributed by atoms with van der Waals surface area (Å²) in [4.78, 5) is 0. The first-order valence-electron chi connectivity index (χ1n) is 8.62. The van der Waals surface area contributed by atoms with Gasteiger partial charge in [0, 0.05) is 5.02 Å². The molecule has 0 aromatic heterocycles. The maximum Gasteiger partial charge on any atom is 0.416 e. The van der Waals surface area contributed by atoms with Gasteiger partial charge in [-0.3, -0.25) is 0 Å². The quantitative estimate of drug-likeness (QED) is 0.333. The summed E-state index contributed by atoms with van der Waals surface area (Å²) < 4.78 is 43.7. The van der Waals surface area contributed by atoms with Crippen LogP contribution in [0.2, 0.25) is 5.02 Å². The van der Waals surface area contributed by atoms with Crippen LogP contribution in [-0.2, 0) is 12.8 Å². The third kappa shape index (κ3) is 5.63. The Hall–Kier alpha value is -3.23. The smallest absolute Gasteiger partial charge is 0.416 e. The number of benzene rings is 3. The first-order valence-corrected chi connectivity index (χ1v) is 9.00. The molecule has 0 N–H and O–H groups in total. The van der Waals surface area contributed by atoms with Crippen molar-refractivity contribution in [2.24, 2.45) is 0 Å². The number of nitrogens with zero attached hydrogens (tertiary/aromatic N) is 1. The predicted octanol–water partition coefficient (Wildman–Crippen LogP) is 7.00. The number of halogens is 4. The lowest BCUT2D eigenvalue weighted by atomic mass is 10.0. The fourth-order valence-electron chi connectivity index (χ4n) is 2.59. The molecule has 0 radical (unpaired) electrons. The second kappa shape index (κ2) is 8.85. The highest BCUT2D eigenvalue weighted by Crippen LogP contribution is 2.30. The zero-order chi connectivity index (χ0) is 20.9. The van der Waals surface area contributed by atoms with Crippen LogP contribution in [-0.4, -0.2) is 0 Å². The van der Waals surface area contributed by atoms with E-state index in [0.29, 0.717) is 34.1 Å². The maximum atomic E-state index is 12.7. The van der Waals surface area contributed by atoms with Crippen molar-refractivity contribution in [2.75, 3.05) is 0 Å². The van der Waals surface area contributed by atoms with E-state index in [1.165, 1.54) is 12.1 Å². The molecule has 0 saturated heterocycles. The number of allylic oxidation sites excluding steroid dienone is 1. The maximum absolute atomic E-state index is 12.7. The molecule has 3 aromatic carbocycles. The minimum Gasteiger partial charge on any atom is -0.489 e. The molecule has 0 heterocycles. The van der Waals surface area contributed by atoms with E-state index in [4.69, 9.17) is 16.3 Å². The van der Waals surface area contributed by atoms with Gasteiger partial charge in [-0.2, -0.15) is 18.4 Å². The SMILES string of the molecule is N#C/C(=C\c1ccc(C(F)(F)F)cc1)c1ccc(OCc2ccc(Cl)cc2)cc1. The fraction of sp³-hybridized carbons (Fsp3) is 0.0870. The predicted molar refractivity (Wildman–Crippen MR) is 107 cm³/mol. The van der Waals surface area contributed by atoms with Crippen molar-refractivity contribution in [3.63, 3.8) is 0 Å². The third-order valence-corrected chi connectivity index (χ3v) is 4.41. The molecule has 0 aliphatic carbocycles. The molecule has 0 saturated carbocycles. The van der Waals surface area contributed by atoms with Gasteiger partial charge in [-0.15, -0.1) is 0 Å². The molecule has 3 aromatic rings. The van der Waals surface area contributed by atoms with Gasteiger partial charge in [0.2, 0.25) is 0 Å². The molecule has 2 nitrogen and oxygen atoms in total. The van der Waals surface area contributed by atoms with Crippen molar-refractivity contribution in [3.05, 3.63) is 100 Å². The van der Waals surface area contributed by atoms with Gasteiger partial charge in [0.15, 0.2) is 0 Å². The third-order valence-electron chi connectivity index (χ3n) is 4.15. The Morgan fingerprint density at radius 3 is 2.10 bits per heavy atom. The van der Waals surface area contributed by atoms with E-state index in [-0.39, 0.29) is 0 Å². The number of alkyl halides is 3. The lowest BCUT2D eigenvalue weighted by molar-refractivity contribution is -0.137. The van der Waals surface area contributed by atoms with Gasteiger partial charge >= 0.3 is 6.18 Å². The average molecular weight is 414 g/mol. The Bertz CT molecular complexity index is 1030. The van der Waals surface area contributed by atoms with Crippen LogP contribution in [0.5, 0.6) is 5.75 Å². The summed E-state index contributed by atoms with van der Waals surface area (Å²) in [5.74, 6) is 0.635. The normalized spacial score (nSPS) is 11.8. The molecular weight excluding hydrogens is 399 g/mol.